The Hall–Kier alpha value is -1.26. The average Bonchev–Trinajstić information content (AvgIpc) is 3.13. The zero-order chi connectivity index (χ0) is 19.1. The Morgan fingerprint density at radius 3 is 2.64 bits per heavy atom. The number of aliphatic imine (C=N–C) groups is 1. The van der Waals surface area contributed by atoms with E-state index in [4.69, 9.17) is 14.2 Å². The van der Waals surface area contributed by atoms with Gasteiger partial charge in [-0.15, -0.1) is 24.0 Å². The van der Waals surface area contributed by atoms with Crippen LogP contribution in [0, 0.1) is 0 Å². The van der Waals surface area contributed by atoms with Crippen LogP contribution in [0.15, 0.2) is 23.2 Å². The molecule has 0 bridgehead atoms. The second-order valence-electron chi connectivity index (χ2n) is 7.20. The maximum absolute atomic E-state index is 5.58. The highest BCUT2D eigenvalue weighted by atomic mass is 127. The predicted octanol–water partition coefficient (Wildman–Crippen LogP) is 2.54. The Morgan fingerprint density at radius 2 is 1.93 bits per heavy atom. The Labute approximate surface area is 185 Å². The van der Waals surface area contributed by atoms with Crippen LogP contribution in [0.25, 0.3) is 0 Å². The van der Waals surface area contributed by atoms with E-state index in [1.54, 1.807) is 0 Å². The molecule has 1 N–H and O–H groups in total. The number of benzene rings is 1. The number of ether oxygens (including phenoxy) is 3. The molecule has 0 saturated carbocycles. The number of piperazine rings is 1. The first-order valence-corrected chi connectivity index (χ1v) is 9.84. The molecule has 1 aromatic carbocycles. The van der Waals surface area contributed by atoms with Crippen molar-refractivity contribution in [2.24, 2.45) is 4.99 Å². The molecule has 28 heavy (non-hydrogen) atoms. The Morgan fingerprint density at radius 1 is 1.18 bits per heavy atom. The zero-order valence-corrected chi connectivity index (χ0v) is 19.5. The van der Waals surface area contributed by atoms with Gasteiger partial charge in [-0.3, -0.25) is 9.89 Å². The average molecular weight is 504 g/mol. The highest BCUT2D eigenvalue weighted by molar-refractivity contribution is 14.0. The molecule has 0 radical (unpaired) electrons. The summed E-state index contributed by atoms with van der Waals surface area (Å²) in [4.78, 5) is 9.24. The normalized spacial score (nSPS) is 17.0. The van der Waals surface area contributed by atoms with Crippen LogP contribution in [0.1, 0.15) is 25.8 Å². The van der Waals surface area contributed by atoms with Crippen molar-refractivity contribution in [1.82, 2.24) is 15.1 Å². The minimum Gasteiger partial charge on any atom is -0.454 e. The summed E-state index contributed by atoms with van der Waals surface area (Å²) in [7, 11) is 1.85. The van der Waals surface area contributed by atoms with Gasteiger partial charge in [0.2, 0.25) is 6.79 Å². The van der Waals surface area contributed by atoms with Gasteiger partial charge < -0.3 is 24.4 Å². The van der Waals surface area contributed by atoms with Gasteiger partial charge in [-0.2, -0.15) is 0 Å². The topological polar surface area (TPSA) is 58.6 Å². The lowest BCUT2D eigenvalue weighted by Crippen LogP contribution is -2.52. The molecule has 7 nitrogen and oxygen atoms in total. The van der Waals surface area contributed by atoms with Crippen molar-refractivity contribution in [2.45, 2.75) is 32.9 Å². The van der Waals surface area contributed by atoms with Crippen molar-refractivity contribution in [1.29, 1.82) is 0 Å². The van der Waals surface area contributed by atoms with E-state index < -0.39 is 0 Å². The lowest BCUT2D eigenvalue weighted by atomic mass is 10.1. The molecule has 1 aromatic rings. The standard InChI is InChI=1S/C20H32N4O3.HI/c1-16(2)25-12-4-7-22-20(21-3)24-10-8-23(9-11-24)14-17-5-6-18-19(13-17)27-15-26-18;/h5-6,13,16H,4,7-12,14-15H2,1-3H3,(H,21,22);1H. The molecule has 1 saturated heterocycles. The van der Waals surface area contributed by atoms with E-state index in [2.05, 4.69) is 46.1 Å². The monoisotopic (exact) mass is 504 g/mol. The van der Waals surface area contributed by atoms with Crippen LogP contribution in [0.4, 0.5) is 0 Å². The van der Waals surface area contributed by atoms with Crippen molar-refractivity contribution in [3.63, 3.8) is 0 Å². The molecule has 0 atom stereocenters. The van der Waals surface area contributed by atoms with Crippen LogP contribution in [0.3, 0.4) is 0 Å². The first-order chi connectivity index (χ1) is 13.2. The minimum absolute atomic E-state index is 0. The van der Waals surface area contributed by atoms with Crippen LogP contribution in [-0.4, -0.2) is 75.0 Å². The van der Waals surface area contributed by atoms with Crippen LogP contribution in [0.5, 0.6) is 11.5 Å². The molecule has 2 heterocycles. The first kappa shape index (κ1) is 23.0. The fourth-order valence-electron chi connectivity index (χ4n) is 3.34. The molecule has 158 valence electrons. The van der Waals surface area contributed by atoms with Crippen molar-refractivity contribution in [3.05, 3.63) is 23.8 Å². The third kappa shape index (κ3) is 6.66. The van der Waals surface area contributed by atoms with Crippen LogP contribution in [-0.2, 0) is 11.3 Å². The number of rotatable bonds is 7. The van der Waals surface area contributed by atoms with E-state index in [0.717, 1.165) is 69.8 Å². The number of hydrogen-bond acceptors (Lipinski definition) is 5. The second kappa shape index (κ2) is 11.7. The summed E-state index contributed by atoms with van der Waals surface area (Å²) in [6.07, 6.45) is 1.28. The summed E-state index contributed by atoms with van der Waals surface area (Å²) in [5.41, 5.74) is 1.26. The van der Waals surface area contributed by atoms with Gasteiger partial charge in [-0.25, -0.2) is 0 Å². The molecular weight excluding hydrogens is 471 g/mol. The Kier molecular flexibility index (Phi) is 9.60. The minimum atomic E-state index is 0. The summed E-state index contributed by atoms with van der Waals surface area (Å²) < 4.78 is 16.4. The number of guanidine groups is 1. The van der Waals surface area contributed by atoms with Crippen LogP contribution < -0.4 is 14.8 Å². The van der Waals surface area contributed by atoms with Crippen molar-refractivity contribution < 1.29 is 14.2 Å². The van der Waals surface area contributed by atoms with Gasteiger partial charge in [-0.05, 0) is 38.0 Å². The highest BCUT2D eigenvalue weighted by Gasteiger charge is 2.20. The van der Waals surface area contributed by atoms with Crippen molar-refractivity contribution >= 4 is 29.9 Å². The number of fused-ring (bicyclic) bond motifs is 1. The summed E-state index contributed by atoms with van der Waals surface area (Å²) >= 11 is 0. The predicted molar refractivity (Wildman–Crippen MR) is 122 cm³/mol. The molecule has 0 spiro atoms. The van der Waals surface area contributed by atoms with Gasteiger partial charge in [0.25, 0.3) is 0 Å². The molecule has 2 aliphatic rings. The van der Waals surface area contributed by atoms with E-state index in [1.165, 1.54) is 5.56 Å². The fourth-order valence-corrected chi connectivity index (χ4v) is 3.34. The molecule has 1 fully saturated rings. The fraction of sp³-hybridized carbons (Fsp3) is 0.650. The molecule has 0 amide bonds. The van der Waals surface area contributed by atoms with Gasteiger partial charge in [0.15, 0.2) is 17.5 Å². The SMILES string of the molecule is CN=C(NCCCOC(C)C)N1CCN(Cc2ccc3c(c2)OCO3)CC1.I. The van der Waals surface area contributed by atoms with E-state index in [-0.39, 0.29) is 24.0 Å². The first-order valence-electron chi connectivity index (χ1n) is 9.84. The summed E-state index contributed by atoms with van der Waals surface area (Å²) in [5, 5.41) is 3.45. The van der Waals surface area contributed by atoms with Gasteiger partial charge in [0.05, 0.1) is 6.10 Å². The Balaban J connectivity index is 0.00000280. The van der Waals surface area contributed by atoms with Crippen LogP contribution in [0.2, 0.25) is 0 Å². The lowest BCUT2D eigenvalue weighted by molar-refractivity contribution is 0.0775. The van der Waals surface area contributed by atoms with Gasteiger partial charge in [-0.1, -0.05) is 6.07 Å². The third-order valence-electron chi connectivity index (χ3n) is 4.78. The number of hydrogen-bond donors (Lipinski definition) is 1. The Bertz CT molecular complexity index is 634. The second-order valence-corrected chi connectivity index (χ2v) is 7.20. The van der Waals surface area contributed by atoms with Gasteiger partial charge >= 0.3 is 0 Å². The van der Waals surface area contributed by atoms with Crippen molar-refractivity contribution in [2.75, 3.05) is 53.2 Å². The summed E-state index contributed by atoms with van der Waals surface area (Å²) in [5.74, 6) is 2.69. The molecule has 2 aliphatic heterocycles. The lowest BCUT2D eigenvalue weighted by Gasteiger charge is -2.36. The third-order valence-corrected chi connectivity index (χ3v) is 4.78. The van der Waals surface area contributed by atoms with Crippen LogP contribution >= 0.6 is 24.0 Å². The maximum atomic E-state index is 5.58. The smallest absolute Gasteiger partial charge is 0.231 e. The number of nitrogens with one attached hydrogen (secondary N) is 1. The molecule has 0 unspecified atom stereocenters. The molecule has 0 aliphatic carbocycles. The van der Waals surface area contributed by atoms with E-state index in [0.29, 0.717) is 12.9 Å². The molecule has 8 heteroatoms. The van der Waals surface area contributed by atoms with Gasteiger partial charge in [0, 0.05) is 52.9 Å². The number of nitrogens with zero attached hydrogens (tertiary/aromatic N) is 3. The van der Waals surface area contributed by atoms with Crippen molar-refractivity contribution in [3.8, 4) is 11.5 Å². The zero-order valence-electron chi connectivity index (χ0n) is 17.1. The largest absolute Gasteiger partial charge is 0.454 e. The maximum Gasteiger partial charge on any atom is 0.231 e. The molecular formula is C20H33IN4O3. The molecule has 3 rings (SSSR count). The van der Waals surface area contributed by atoms with E-state index in [1.807, 2.05) is 13.1 Å². The van der Waals surface area contributed by atoms with Gasteiger partial charge in [0.1, 0.15) is 0 Å². The summed E-state index contributed by atoms with van der Waals surface area (Å²) in [6.45, 7) is 11.1. The quantitative estimate of drug-likeness (QED) is 0.267. The van der Waals surface area contributed by atoms with E-state index in [9.17, 15) is 0 Å². The highest BCUT2D eigenvalue weighted by Crippen LogP contribution is 2.32. The number of halogens is 1. The molecule has 0 aromatic heterocycles. The summed E-state index contributed by atoms with van der Waals surface area (Å²) in [6, 6.07) is 6.22. The van der Waals surface area contributed by atoms with E-state index >= 15 is 0 Å².